The maximum Gasteiger partial charge on any atom is 0.271 e. The van der Waals surface area contributed by atoms with E-state index in [4.69, 9.17) is 11.5 Å². The summed E-state index contributed by atoms with van der Waals surface area (Å²) in [6.45, 7) is 1.89. The van der Waals surface area contributed by atoms with Gasteiger partial charge in [0, 0.05) is 29.7 Å². The highest BCUT2D eigenvalue weighted by Gasteiger charge is 2.26. The van der Waals surface area contributed by atoms with Gasteiger partial charge in [0.05, 0.1) is 5.69 Å². The van der Waals surface area contributed by atoms with Crippen molar-refractivity contribution in [3.05, 3.63) is 59.2 Å². The molecule has 0 spiro atoms. The minimum absolute atomic E-state index is 0.0266. The lowest BCUT2D eigenvalue weighted by Crippen LogP contribution is -2.36. The van der Waals surface area contributed by atoms with Crippen LogP contribution in [0.2, 0.25) is 0 Å². The molecule has 0 bridgehead atoms. The summed E-state index contributed by atoms with van der Waals surface area (Å²) in [5.74, 6) is -2.32. The minimum atomic E-state index is -0.769. The topological polar surface area (TPSA) is 148 Å². The molecule has 1 aliphatic rings. The second-order valence-corrected chi connectivity index (χ2v) is 6.57. The van der Waals surface area contributed by atoms with Crippen LogP contribution in [0.25, 0.3) is 0 Å². The summed E-state index contributed by atoms with van der Waals surface area (Å²) in [7, 11) is 0. The van der Waals surface area contributed by atoms with E-state index in [1.807, 2.05) is 13.0 Å². The van der Waals surface area contributed by atoms with Crippen LogP contribution in [0.1, 0.15) is 39.1 Å². The first kappa shape index (κ1) is 19.7. The maximum absolute atomic E-state index is 12.7. The lowest BCUT2D eigenvalue weighted by atomic mass is 10.1. The Morgan fingerprint density at radius 1 is 1.00 bits per heavy atom. The van der Waals surface area contributed by atoms with Gasteiger partial charge in [0.15, 0.2) is 0 Å². The number of amides is 4. The van der Waals surface area contributed by atoms with Crippen LogP contribution >= 0.6 is 0 Å². The van der Waals surface area contributed by atoms with Crippen molar-refractivity contribution < 1.29 is 19.2 Å². The Hall–Kier alpha value is -4.01. The van der Waals surface area contributed by atoms with Gasteiger partial charge < -0.3 is 16.8 Å². The number of carbonyl (C=O) groups is 4. The Balaban J connectivity index is 1.88. The highest BCUT2D eigenvalue weighted by atomic mass is 16.2. The van der Waals surface area contributed by atoms with Gasteiger partial charge >= 0.3 is 0 Å². The van der Waals surface area contributed by atoms with Crippen molar-refractivity contribution in [3.8, 4) is 0 Å². The summed E-state index contributed by atoms with van der Waals surface area (Å²) in [6.07, 6.45) is 0.277. The molecule has 0 saturated carbocycles. The van der Waals surface area contributed by atoms with Gasteiger partial charge in [-0.25, -0.2) is 5.01 Å². The molecule has 148 valence electrons. The van der Waals surface area contributed by atoms with E-state index in [9.17, 15) is 19.2 Å². The summed E-state index contributed by atoms with van der Waals surface area (Å²) < 4.78 is 0. The van der Waals surface area contributed by atoms with E-state index in [0.29, 0.717) is 5.69 Å². The fraction of sp³-hybridized carbons (Fsp3) is 0.150. The number of nitrogens with one attached hydrogen (secondary N) is 1. The molecule has 5 N–H and O–H groups in total. The van der Waals surface area contributed by atoms with Crippen molar-refractivity contribution >= 4 is 40.7 Å². The Morgan fingerprint density at radius 2 is 1.66 bits per heavy atom. The maximum atomic E-state index is 12.7. The first-order chi connectivity index (χ1) is 13.7. The van der Waals surface area contributed by atoms with Gasteiger partial charge in [0.1, 0.15) is 5.71 Å². The standard InChI is InChI=1S/C20H19N5O4/c1-11-3-2-4-15(7-11)25-17(26)6-5-16(24-25)20(29)23-14-9-12(18(21)27)8-13(10-14)19(22)28/h2-4,7-10H,5-6H2,1H3,(H2,21,27)(H2,22,28)(H,23,29). The van der Waals surface area contributed by atoms with E-state index in [-0.39, 0.29) is 41.3 Å². The highest BCUT2D eigenvalue weighted by Crippen LogP contribution is 2.22. The summed E-state index contributed by atoms with van der Waals surface area (Å²) in [5, 5.41) is 7.96. The van der Waals surface area contributed by atoms with Crippen LogP contribution in [0.3, 0.4) is 0 Å². The second kappa shape index (κ2) is 7.93. The number of nitrogens with zero attached hydrogens (tertiary/aromatic N) is 2. The molecule has 4 amide bonds. The molecule has 0 radical (unpaired) electrons. The van der Waals surface area contributed by atoms with Crippen LogP contribution in [0.4, 0.5) is 11.4 Å². The summed E-state index contributed by atoms with van der Waals surface area (Å²) in [5.41, 5.74) is 12.4. The molecule has 9 heteroatoms. The quantitative estimate of drug-likeness (QED) is 0.702. The number of aryl methyl sites for hydroxylation is 1. The Labute approximate surface area is 166 Å². The number of primary amides is 2. The third-order valence-corrected chi connectivity index (χ3v) is 4.30. The number of hydrogen-bond acceptors (Lipinski definition) is 5. The number of benzene rings is 2. The fourth-order valence-electron chi connectivity index (χ4n) is 2.87. The highest BCUT2D eigenvalue weighted by molar-refractivity contribution is 6.44. The van der Waals surface area contributed by atoms with E-state index in [1.165, 1.54) is 23.2 Å². The van der Waals surface area contributed by atoms with Crippen LogP contribution in [-0.2, 0) is 9.59 Å². The summed E-state index contributed by atoms with van der Waals surface area (Å²) in [6, 6.07) is 11.1. The monoisotopic (exact) mass is 393 g/mol. The third-order valence-electron chi connectivity index (χ3n) is 4.30. The summed E-state index contributed by atoms with van der Waals surface area (Å²) >= 11 is 0. The molecule has 0 saturated heterocycles. The van der Waals surface area contributed by atoms with Crippen LogP contribution in [0.15, 0.2) is 47.6 Å². The van der Waals surface area contributed by atoms with Crippen molar-refractivity contribution in [1.82, 2.24) is 0 Å². The zero-order valence-corrected chi connectivity index (χ0v) is 15.6. The SMILES string of the molecule is Cc1cccc(N2N=C(C(=O)Nc3cc(C(N)=O)cc(C(N)=O)c3)CCC2=O)c1. The van der Waals surface area contributed by atoms with Crippen molar-refractivity contribution in [1.29, 1.82) is 0 Å². The Kier molecular flexibility index (Phi) is 5.40. The van der Waals surface area contributed by atoms with E-state index in [2.05, 4.69) is 10.4 Å². The fourth-order valence-corrected chi connectivity index (χ4v) is 2.87. The minimum Gasteiger partial charge on any atom is -0.366 e. The summed E-state index contributed by atoms with van der Waals surface area (Å²) in [4.78, 5) is 47.9. The van der Waals surface area contributed by atoms with E-state index in [0.717, 1.165) is 5.56 Å². The molecule has 2 aromatic carbocycles. The largest absolute Gasteiger partial charge is 0.366 e. The van der Waals surface area contributed by atoms with Gasteiger partial charge in [0.2, 0.25) is 17.7 Å². The number of hydrazone groups is 1. The smallest absolute Gasteiger partial charge is 0.271 e. The van der Waals surface area contributed by atoms with Gasteiger partial charge in [0.25, 0.3) is 5.91 Å². The predicted octanol–water partition coefficient (Wildman–Crippen LogP) is 1.31. The number of anilines is 2. The normalized spacial score (nSPS) is 13.6. The zero-order valence-electron chi connectivity index (χ0n) is 15.6. The predicted molar refractivity (Wildman–Crippen MR) is 107 cm³/mol. The number of rotatable bonds is 5. The second-order valence-electron chi connectivity index (χ2n) is 6.57. The van der Waals surface area contributed by atoms with Gasteiger partial charge in [-0.15, -0.1) is 0 Å². The molecule has 0 fully saturated rings. The lowest BCUT2D eigenvalue weighted by Gasteiger charge is -2.23. The molecule has 9 nitrogen and oxygen atoms in total. The lowest BCUT2D eigenvalue weighted by molar-refractivity contribution is -0.118. The van der Waals surface area contributed by atoms with Gasteiger partial charge in [-0.1, -0.05) is 12.1 Å². The first-order valence-electron chi connectivity index (χ1n) is 8.78. The van der Waals surface area contributed by atoms with Crippen molar-refractivity contribution in [2.45, 2.75) is 19.8 Å². The van der Waals surface area contributed by atoms with Crippen LogP contribution in [0, 0.1) is 6.92 Å². The number of carbonyl (C=O) groups excluding carboxylic acids is 4. The van der Waals surface area contributed by atoms with Crippen LogP contribution < -0.4 is 21.8 Å². The number of hydrogen-bond donors (Lipinski definition) is 3. The molecule has 1 heterocycles. The average Bonchev–Trinajstić information content (AvgIpc) is 2.67. The molecule has 1 aliphatic heterocycles. The zero-order chi connectivity index (χ0) is 21.1. The molecular formula is C20H19N5O4. The molecule has 0 unspecified atom stereocenters. The molecule has 3 rings (SSSR count). The van der Waals surface area contributed by atoms with E-state index >= 15 is 0 Å². The molecule has 2 aromatic rings. The Bertz CT molecular complexity index is 1030. The van der Waals surface area contributed by atoms with Crippen LogP contribution in [-0.4, -0.2) is 29.3 Å². The molecular weight excluding hydrogens is 374 g/mol. The van der Waals surface area contributed by atoms with Crippen LogP contribution in [0.5, 0.6) is 0 Å². The number of nitrogens with two attached hydrogens (primary N) is 2. The average molecular weight is 393 g/mol. The molecule has 0 atom stereocenters. The molecule has 0 aromatic heterocycles. The van der Waals surface area contributed by atoms with Gasteiger partial charge in [-0.3, -0.25) is 19.2 Å². The van der Waals surface area contributed by atoms with E-state index in [1.54, 1.807) is 18.2 Å². The first-order valence-corrected chi connectivity index (χ1v) is 8.78. The third kappa shape index (κ3) is 4.46. The van der Waals surface area contributed by atoms with Gasteiger partial charge in [-0.2, -0.15) is 5.10 Å². The van der Waals surface area contributed by atoms with E-state index < -0.39 is 17.7 Å². The van der Waals surface area contributed by atoms with Crippen molar-refractivity contribution in [2.24, 2.45) is 16.6 Å². The molecule has 0 aliphatic carbocycles. The van der Waals surface area contributed by atoms with Crippen molar-refractivity contribution in [3.63, 3.8) is 0 Å². The van der Waals surface area contributed by atoms with Crippen molar-refractivity contribution in [2.75, 3.05) is 10.3 Å². The Morgan fingerprint density at radius 3 is 2.24 bits per heavy atom. The molecule has 29 heavy (non-hydrogen) atoms. The van der Waals surface area contributed by atoms with Gasteiger partial charge in [-0.05, 0) is 42.8 Å².